The molecule has 1 unspecified atom stereocenters. The van der Waals surface area contributed by atoms with Gasteiger partial charge < -0.3 is 5.32 Å². The molecule has 2 aromatic carbocycles. The standard InChI is InChI=1S/C19H21ClFN/c20-17-8-6-15(7-9-17)4-2-10-19(11-12-22-19)14-16-3-1-5-18(21)13-16/h1,3,5-9,13,22H,2,4,10-12,14H2. The second-order valence-corrected chi connectivity index (χ2v) is 6.68. The molecule has 0 bridgehead atoms. The van der Waals surface area contributed by atoms with Crippen LogP contribution >= 0.6 is 11.6 Å². The largest absolute Gasteiger partial charge is 0.311 e. The van der Waals surface area contributed by atoms with Gasteiger partial charge >= 0.3 is 0 Å². The molecule has 3 rings (SSSR count). The van der Waals surface area contributed by atoms with Gasteiger partial charge in [0.15, 0.2) is 0 Å². The first-order valence-corrected chi connectivity index (χ1v) is 8.27. The highest BCUT2D eigenvalue weighted by atomic mass is 35.5. The Kier molecular flexibility index (Phi) is 4.80. The third-order valence-electron chi connectivity index (χ3n) is 4.57. The van der Waals surface area contributed by atoms with E-state index in [-0.39, 0.29) is 11.4 Å². The summed E-state index contributed by atoms with van der Waals surface area (Å²) >= 11 is 5.91. The minimum atomic E-state index is -0.145. The van der Waals surface area contributed by atoms with E-state index >= 15 is 0 Å². The van der Waals surface area contributed by atoms with Crippen LogP contribution in [0.5, 0.6) is 0 Å². The summed E-state index contributed by atoms with van der Waals surface area (Å²) in [6.45, 7) is 1.07. The van der Waals surface area contributed by atoms with E-state index in [1.165, 1.54) is 18.1 Å². The summed E-state index contributed by atoms with van der Waals surface area (Å²) in [4.78, 5) is 0. The SMILES string of the molecule is Fc1cccc(CC2(CCCc3ccc(Cl)cc3)CCN2)c1. The lowest BCUT2D eigenvalue weighted by Gasteiger charge is -2.44. The molecule has 0 aliphatic carbocycles. The number of hydrogen-bond acceptors (Lipinski definition) is 1. The molecule has 116 valence electrons. The first-order valence-electron chi connectivity index (χ1n) is 7.89. The number of benzene rings is 2. The molecule has 1 saturated heterocycles. The minimum Gasteiger partial charge on any atom is -0.311 e. The van der Waals surface area contributed by atoms with Gasteiger partial charge in [-0.25, -0.2) is 4.39 Å². The molecule has 2 aromatic rings. The molecule has 1 nitrogen and oxygen atoms in total. The molecule has 0 radical (unpaired) electrons. The topological polar surface area (TPSA) is 12.0 Å². The van der Waals surface area contributed by atoms with Crippen molar-refractivity contribution in [1.82, 2.24) is 5.32 Å². The Morgan fingerprint density at radius 1 is 1.09 bits per heavy atom. The van der Waals surface area contributed by atoms with Gasteiger partial charge in [-0.15, -0.1) is 0 Å². The molecule has 0 spiro atoms. The van der Waals surface area contributed by atoms with E-state index in [0.717, 1.165) is 42.8 Å². The highest BCUT2D eigenvalue weighted by molar-refractivity contribution is 6.30. The van der Waals surface area contributed by atoms with E-state index in [1.54, 1.807) is 12.1 Å². The van der Waals surface area contributed by atoms with Crippen LogP contribution in [0.4, 0.5) is 4.39 Å². The molecule has 0 saturated carbocycles. The van der Waals surface area contributed by atoms with Gasteiger partial charge in [0.25, 0.3) is 0 Å². The Labute approximate surface area is 136 Å². The van der Waals surface area contributed by atoms with E-state index in [9.17, 15) is 4.39 Å². The Balaban J connectivity index is 1.56. The fourth-order valence-electron chi connectivity index (χ4n) is 3.25. The Morgan fingerprint density at radius 3 is 2.50 bits per heavy atom. The molecule has 1 aliphatic rings. The van der Waals surface area contributed by atoms with E-state index in [2.05, 4.69) is 17.4 Å². The summed E-state index contributed by atoms with van der Waals surface area (Å²) in [6, 6.07) is 15.0. The first-order chi connectivity index (χ1) is 10.7. The fourth-order valence-corrected chi connectivity index (χ4v) is 3.38. The van der Waals surface area contributed by atoms with Crippen molar-refractivity contribution in [1.29, 1.82) is 0 Å². The maximum atomic E-state index is 13.3. The van der Waals surface area contributed by atoms with Gasteiger partial charge in [0.1, 0.15) is 5.82 Å². The van der Waals surface area contributed by atoms with Crippen molar-refractivity contribution in [3.05, 3.63) is 70.5 Å². The monoisotopic (exact) mass is 317 g/mol. The summed E-state index contributed by atoms with van der Waals surface area (Å²) in [5.74, 6) is -0.145. The van der Waals surface area contributed by atoms with Gasteiger partial charge in [-0.1, -0.05) is 35.9 Å². The summed E-state index contributed by atoms with van der Waals surface area (Å²) in [7, 11) is 0. The van der Waals surface area contributed by atoms with Crippen LogP contribution in [0.25, 0.3) is 0 Å². The number of nitrogens with one attached hydrogen (secondary N) is 1. The number of rotatable bonds is 6. The molecule has 1 N–H and O–H groups in total. The molecule has 1 aliphatic heterocycles. The normalized spacial score (nSPS) is 20.6. The van der Waals surface area contributed by atoms with Crippen LogP contribution in [-0.4, -0.2) is 12.1 Å². The highest BCUT2D eigenvalue weighted by Crippen LogP contribution is 2.30. The number of halogens is 2. The summed E-state index contributed by atoms with van der Waals surface area (Å²) in [6.07, 6.45) is 5.38. The van der Waals surface area contributed by atoms with Crippen molar-refractivity contribution < 1.29 is 4.39 Å². The van der Waals surface area contributed by atoms with Crippen molar-refractivity contribution in [3.63, 3.8) is 0 Å². The summed E-state index contributed by atoms with van der Waals surface area (Å²) in [5.41, 5.74) is 2.56. The van der Waals surface area contributed by atoms with E-state index in [1.807, 2.05) is 18.2 Å². The molecular formula is C19H21ClFN. The molecule has 1 fully saturated rings. The van der Waals surface area contributed by atoms with Gasteiger partial charge in [0.05, 0.1) is 0 Å². The van der Waals surface area contributed by atoms with Crippen molar-refractivity contribution in [3.8, 4) is 0 Å². The molecule has 0 aromatic heterocycles. The average Bonchev–Trinajstić information content (AvgIpc) is 2.47. The van der Waals surface area contributed by atoms with Gasteiger partial charge in [0, 0.05) is 10.6 Å². The average molecular weight is 318 g/mol. The molecule has 1 atom stereocenters. The Bertz CT molecular complexity index is 620. The number of aryl methyl sites for hydroxylation is 1. The summed E-state index contributed by atoms with van der Waals surface area (Å²) in [5, 5.41) is 4.36. The zero-order valence-corrected chi connectivity index (χ0v) is 13.4. The van der Waals surface area contributed by atoms with Crippen LogP contribution in [0, 0.1) is 5.82 Å². The maximum Gasteiger partial charge on any atom is 0.123 e. The lowest BCUT2D eigenvalue weighted by molar-refractivity contribution is 0.186. The van der Waals surface area contributed by atoms with E-state index in [4.69, 9.17) is 11.6 Å². The molecular weight excluding hydrogens is 297 g/mol. The number of hydrogen-bond donors (Lipinski definition) is 1. The van der Waals surface area contributed by atoms with Crippen LogP contribution in [0.3, 0.4) is 0 Å². The van der Waals surface area contributed by atoms with Gasteiger partial charge in [-0.2, -0.15) is 0 Å². The second-order valence-electron chi connectivity index (χ2n) is 6.24. The maximum absolute atomic E-state index is 13.3. The first kappa shape index (κ1) is 15.5. The van der Waals surface area contributed by atoms with Crippen LogP contribution in [0.2, 0.25) is 5.02 Å². The smallest absolute Gasteiger partial charge is 0.123 e. The lowest BCUT2D eigenvalue weighted by Crippen LogP contribution is -2.58. The minimum absolute atomic E-state index is 0.145. The zero-order valence-electron chi connectivity index (χ0n) is 12.6. The van der Waals surface area contributed by atoms with Crippen molar-refractivity contribution in [2.45, 2.75) is 37.6 Å². The van der Waals surface area contributed by atoms with Crippen LogP contribution in [-0.2, 0) is 12.8 Å². The second kappa shape index (κ2) is 6.80. The predicted molar refractivity (Wildman–Crippen MR) is 89.8 cm³/mol. The predicted octanol–water partition coefficient (Wildman–Crippen LogP) is 4.78. The fraction of sp³-hybridized carbons (Fsp3) is 0.368. The van der Waals surface area contributed by atoms with Crippen LogP contribution < -0.4 is 5.32 Å². The van der Waals surface area contributed by atoms with Crippen molar-refractivity contribution in [2.24, 2.45) is 0 Å². The zero-order chi connectivity index (χ0) is 15.4. The summed E-state index contributed by atoms with van der Waals surface area (Å²) < 4.78 is 13.3. The van der Waals surface area contributed by atoms with Gasteiger partial charge in [-0.05, 0) is 74.0 Å². The van der Waals surface area contributed by atoms with Crippen LogP contribution in [0.15, 0.2) is 48.5 Å². The third kappa shape index (κ3) is 3.88. The molecule has 1 heterocycles. The Morgan fingerprint density at radius 2 is 1.86 bits per heavy atom. The van der Waals surface area contributed by atoms with E-state index < -0.39 is 0 Å². The molecule has 3 heteroatoms. The highest BCUT2D eigenvalue weighted by Gasteiger charge is 2.35. The lowest BCUT2D eigenvalue weighted by atomic mass is 9.77. The van der Waals surface area contributed by atoms with Gasteiger partial charge in [-0.3, -0.25) is 0 Å². The van der Waals surface area contributed by atoms with Crippen LogP contribution in [0.1, 0.15) is 30.4 Å². The molecule has 22 heavy (non-hydrogen) atoms. The van der Waals surface area contributed by atoms with Crippen molar-refractivity contribution >= 4 is 11.6 Å². The molecule has 0 amide bonds. The Hall–Kier alpha value is -1.38. The van der Waals surface area contributed by atoms with Crippen molar-refractivity contribution in [2.75, 3.05) is 6.54 Å². The van der Waals surface area contributed by atoms with Gasteiger partial charge in [0.2, 0.25) is 0 Å². The quantitative estimate of drug-likeness (QED) is 0.808. The third-order valence-corrected chi connectivity index (χ3v) is 4.82. The van der Waals surface area contributed by atoms with E-state index in [0.29, 0.717) is 0 Å².